The summed E-state index contributed by atoms with van der Waals surface area (Å²) in [5.41, 5.74) is 6.65. The number of benzene rings is 3. The van der Waals surface area contributed by atoms with Crippen molar-refractivity contribution in [3.8, 4) is 16.9 Å². The van der Waals surface area contributed by atoms with Crippen LogP contribution in [0.2, 0.25) is 0 Å². The number of nitrogens with zero attached hydrogens (tertiary/aromatic N) is 1. The van der Waals surface area contributed by atoms with Crippen molar-refractivity contribution >= 4 is 12.2 Å². The molecule has 6 heteroatoms. The largest absolute Gasteiger partial charge is 0.485 e. The number of carbonyl (C=O) groups is 2. The van der Waals surface area contributed by atoms with Crippen LogP contribution in [0.4, 0.5) is 0 Å². The maximum atomic E-state index is 13.4. The van der Waals surface area contributed by atoms with Gasteiger partial charge >= 0.3 is 0 Å². The smallest absolute Gasteiger partial charge is 0.255 e. The quantitative estimate of drug-likeness (QED) is 0.380. The lowest BCUT2D eigenvalue weighted by molar-refractivity contribution is -0.0451. The van der Waals surface area contributed by atoms with E-state index in [-0.39, 0.29) is 23.3 Å². The summed E-state index contributed by atoms with van der Waals surface area (Å²) in [6, 6.07) is 20.2. The molecule has 0 saturated carbocycles. The number of piperidine rings is 1. The van der Waals surface area contributed by atoms with E-state index in [1.807, 2.05) is 36.4 Å². The van der Waals surface area contributed by atoms with E-state index < -0.39 is 6.10 Å². The first-order valence-electron chi connectivity index (χ1n) is 13.8. The number of nitrogens with one attached hydrogen (secondary N) is 1. The van der Waals surface area contributed by atoms with Crippen LogP contribution in [0.25, 0.3) is 11.1 Å². The van der Waals surface area contributed by atoms with Gasteiger partial charge in [0.25, 0.3) is 5.91 Å². The van der Waals surface area contributed by atoms with Crippen LogP contribution in [0.15, 0.2) is 72.8 Å². The van der Waals surface area contributed by atoms with Crippen LogP contribution in [0.3, 0.4) is 0 Å². The molecule has 198 valence electrons. The topological polar surface area (TPSA) is 78.9 Å². The van der Waals surface area contributed by atoms with Crippen molar-refractivity contribution in [3.63, 3.8) is 0 Å². The van der Waals surface area contributed by atoms with Gasteiger partial charge in [0.05, 0.1) is 5.56 Å². The second-order valence-corrected chi connectivity index (χ2v) is 11.4. The van der Waals surface area contributed by atoms with Crippen molar-refractivity contribution < 1.29 is 19.4 Å². The predicted octanol–water partition coefficient (Wildman–Crippen LogP) is 3.94. The zero-order chi connectivity index (χ0) is 26.7. The molecule has 4 aliphatic rings. The monoisotopic (exact) mass is 520 g/mol. The molecule has 2 bridgehead atoms. The molecule has 2 N–H and O–H groups in total. The fourth-order valence-corrected chi connectivity index (χ4v) is 7.46. The predicted molar refractivity (Wildman–Crippen MR) is 149 cm³/mol. The number of aldehydes is 1. The fourth-order valence-electron chi connectivity index (χ4n) is 7.46. The summed E-state index contributed by atoms with van der Waals surface area (Å²) >= 11 is 0. The van der Waals surface area contributed by atoms with Crippen molar-refractivity contribution in [3.05, 3.63) is 101 Å². The molecule has 39 heavy (non-hydrogen) atoms. The third kappa shape index (κ3) is 3.69. The van der Waals surface area contributed by atoms with Crippen LogP contribution in [0, 0.1) is 5.92 Å². The third-order valence-corrected chi connectivity index (χ3v) is 9.45. The molecule has 1 fully saturated rings. The summed E-state index contributed by atoms with van der Waals surface area (Å²) in [6.07, 6.45) is 6.47. The van der Waals surface area contributed by atoms with Gasteiger partial charge in [-0.1, -0.05) is 66.7 Å². The first kappa shape index (κ1) is 24.3. The highest BCUT2D eigenvalue weighted by molar-refractivity contribution is 5.98. The molecule has 3 aromatic rings. The van der Waals surface area contributed by atoms with E-state index in [4.69, 9.17) is 4.74 Å². The SMILES string of the molecule is CN1CC[C@]23c4c5ccc(C(=O)NCCc6ccc(-c7ccc(C=O)cc7)cc6)c4O[C@H]2[C@@H](O)C=C[C@H]3[C@H]1C5. The van der Waals surface area contributed by atoms with Crippen molar-refractivity contribution in [1.82, 2.24) is 10.2 Å². The van der Waals surface area contributed by atoms with E-state index in [0.29, 0.717) is 35.9 Å². The standard InChI is InChI=1S/C33H32N2O4/c1-35-17-15-33-26-12-13-28(37)31(33)39-30-25(11-10-24(29(30)33)18-27(26)35)32(38)34-16-14-20-2-6-22(7-3-20)23-8-4-21(19-36)5-9-23/h2-13,19,26-28,31,37H,14-18H2,1H3,(H,34,38)/t26-,27+,28-,31-,33-/m0/s1. The van der Waals surface area contributed by atoms with Crippen LogP contribution < -0.4 is 10.1 Å². The first-order chi connectivity index (χ1) is 19.0. The Morgan fingerprint density at radius 1 is 1.08 bits per heavy atom. The zero-order valence-corrected chi connectivity index (χ0v) is 22.0. The minimum Gasteiger partial charge on any atom is -0.485 e. The first-order valence-corrected chi connectivity index (χ1v) is 13.8. The van der Waals surface area contributed by atoms with Gasteiger partial charge in [-0.05, 0) is 61.2 Å². The molecule has 3 aromatic carbocycles. The van der Waals surface area contributed by atoms with Gasteiger partial charge in [0.1, 0.15) is 24.2 Å². The molecule has 1 amide bonds. The summed E-state index contributed by atoms with van der Waals surface area (Å²) in [4.78, 5) is 26.7. The van der Waals surface area contributed by atoms with Gasteiger partial charge in [0, 0.05) is 35.0 Å². The molecule has 2 heterocycles. The average Bonchev–Trinajstić information content (AvgIpc) is 3.32. The third-order valence-electron chi connectivity index (χ3n) is 9.45. The van der Waals surface area contributed by atoms with E-state index in [2.05, 4.69) is 53.7 Å². The Balaban J connectivity index is 1.08. The highest BCUT2D eigenvalue weighted by atomic mass is 16.5. The Hall–Kier alpha value is -3.74. The summed E-state index contributed by atoms with van der Waals surface area (Å²) in [5.74, 6) is 0.821. The number of hydrogen-bond donors (Lipinski definition) is 2. The number of amides is 1. The van der Waals surface area contributed by atoms with E-state index >= 15 is 0 Å². The number of rotatable bonds is 6. The zero-order valence-electron chi connectivity index (χ0n) is 22.0. The molecular formula is C33H32N2O4. The van der Waals surface area contributed by atoms with Gasteiger partial charge in [-0.2, -0.15) is 0 Å². The van der Waals surface area contributed by atoms with Crippen molar-refractivity contribution in [2.75, 3.05) is 20.1 Å². The number of likely N-dealkylation sites (tertiary alicyclic amines) is 1. The van der Waals surface area contributed by atoms with E-state index in [9.17, 15) is 14.7 Å². The maximum Gasteiger partial charge on any atom is 0.255 e. The van der Waals surface area contributed by atoms with Crippen LogP contribution >= 0.6 is 0 Å². The number of aliphatic hydroxyl groups excluding tert-OH is 1. The van der Waals surface area contributed by atoms with Gasteiger partial charge in [-0.15, -0.1) is 0 Å². The molecule has 2 aliphatic heterocycles. The lowest BCUT2D eigenvalue weighted by Gasteiger charge is -2.56. The Labute approximate surface area is 228 Å². The number of carbonyl (C=O) groups excluding carboxylic acids is 2. The Morgan fingerprint density at radius 3 is 2.56 bits per heavy atom. The Bertz CT molecular complexity index is 1480. The molecule has 7 rings (SSSR count). The average molecular weight is 521 g/mol. The van der Waals surface area contributed by atoms with Crippen LogP contribution in [0.1, 0.15) is 43.8 Å². The molecule has 1 spiro atoms. The Morgan fingerprint density at radius 2 is 1.82 bits per heavy atom. The minimum atomic E-state index is -0.675. The Kier molecular flexibility index (Phi) is 5.72. The van der Waals surface area contributed by atoms with Gasteiger partial charge in [-0.25, -0.2) is 0 Å². The summed E-state index contributed by atoms with van der Waals surface area (Å²) in [7, 11) is 2.19. The van der Waals surface area contributed by atoms with Crippen LogP contribution in [0.5, 0.6) is 5.75 Å². The molecule has 1 saturated heterocycles. The normalized spacial score (nSPS) is 27.9. The van der Waals surface area contributed by atoms with Crippen LogP contribution in [-0.4, -0.2) is 60.6 Å². The van der Waals surface area contributed by atoms with Crippen molar-refractivity contribution in [2.24, 2.45) is 5.92 Å². The highest BCUT2D eigenvalue weighted by Crippen LogP contribution is 2.61. The number of ether oxygens (including phenoxy) is 1. The summed E-state index contributed by atoms with van der Waals surface area (Å²) in [5, 5.41) is 14.0. The summed E-state index contributed by atoms with van der Waals surface area (Å²) < 4.78 is 6.51. The van der Waals surface area contributed by atoms with Gasteiger partial charge in [0.2, 0.25) is 0 Å². The lowest BCUT2D eigenvalue weighted by atomic mass is 9.53. The molecule has 0 unspecified atom stereocenters. The number of hydrogen-bond acceptors (Lipinski definition) is 5. The van der Waals surface area contributed by atoms with Crippen molar-refractivity contribution in [2.45, 2.75) is 42.9 Å². The molecule has 0 radical (unpaired) electrons. The van der Waals surface area contributed by atoms with E-state index in [1.165, 1.54) is 5.56 Å². The maximum absolute atomic E-state index is 13.4. The molecular weight excluding hydrogens is 488 g/mol. The highest BCUT2D eigenvalue weighted by Gasteiger charge is 2.64. The molecule has 0 aromatic heterocycles. The molecule has 5 atom stereocenters. The summed E-state index contributed by atoms with van der Waals surface area (Å²) in [6.45, 7) is 1.47. The molecule has 2 aliphatic carbocycles. The van der Waals surface area contributed by atoms with Gasteiger partial charge < -0.3 is 20.1 Å². The fraction of sp³-hybridized carbons (Fsp3) is 0.333. The van der Waals surface area contributed by atoms with E-state index in [0.717, 1.165) is 47.9 Å². The number of aliphatic hydroxyl groups is 1. The number of likely N-dealkylation sites (N-methyl/N-ethyl adjacent to an activating group) is 1. The second-order valence-electron chi connectivity index (χ2n) is 11.4. The van der Waals surface area contributed by atoms with Crippen LogP contribution in [-0.2, 0) is 18.3 Å². The van der Waals surface area contributed by atoms with Crippen molar-refractivity contribution in [1.29, 1.82) is 0 Å². The lowest BCUT2D eigenvalue weighted by Crippen LogP contribution is -2.64. The van der Waals surface area contributed by atoms with Gasteiger partial charge in [-0.3, -0.25) is 9.59 Å². The second kappa shape index (κ2) is 9.18. The minimum absolute atomic E-state index is 0.135. The van der Waals surface area contributed by atoms with E-state index in [1.54, 1.807) is 0 Å². The van der Waals surface area contributed by atoms with Gasteiger partial charge in [0.15, 0.2) is 0 Å². The molecule has 6 nitrogen and oxygen atoms in total.